The van der Waals surface area contributed by atoms with Crippen molar-refractivity contribution in [2.24, 2.45) is 5.41 Å². The predicted molar refractivity (Wildman–Crippen MR) is 158 cm³/mol. The molecule has 7 nitrogen and oxygen atoms in total. The molecule has 1 atom stereocenters. The zero-order valence-electron chi connectivity index (χ0n) is 24.1. The van der Waals surface area contributed by atoms with E-state index >= 15 is 0 Å². The van der Waals surface area contributed by atoms with Crippen molar-refractivity contribution in [2.75, 3.05) is 46.8 Å². The van der Waals surface area contributed by atoms with Gasteiger partial charge in [-0.05, 0) is 86.0 Å². The summed E-state index contributed by atoms with van der Waals surface area (Å²) in [6, 6.07) is 13.7. The number of likely N-dealkylation sites (N-methyl/N-ethyl adjacent to an activating group) is 1. The maximum Gasteiger partial charge on any atom is 0.243 e. The third-order valence-corrected chi connectivity index (χ3v) is 10.0. The highest BCUT2D eigenvalue weighted by molar-refractivity contribution is 7.89. The Morgan fingerprint density at radius 3 is 2.42 bits per heavy atom. The summed E-state index contributed by atoms with van der Waals surface area (Å²) in [7, 11) is 0.425. The van der Waals surface area contributed by atoms with Gasteiger partial charge in [-0.1, -0.05) is 38.5 Å². The van der Waals surface area contributed by atoms with Gasteiger partial charge in [0.05, 0.1) is 22.5 Å². The van der Waals surface area contributed by atoms with Gasteiger partial charge in [-0.2, -0.15) is 9.40 Å². The number of benzene rings is 2. The minimum absolute atomic E-state index is 0.0481. The molecule has 1 aliphatic heterocycles. The lowest BCUT2D eigenvalue weighted by Gasteiger charge is -2.46. The zero-order valence-corrected chi connectivity index (χ0v) is 24.9. The van der Waals surface area contributed by atoms with Crippen molar-refractivity contribution >= 4 is 16.1 Å². The average Bonchev–Trinajstić information content (AvgIpc) is 3.31. The van der Waals surface area contributed by atoms with E-state index in [0.29, 0.717) is 37.4 Å². The number of aromatic nitrogens is 2. The minimum Gasteiger partial charge on any atom is -0.315 e. The van der Waals surface area contributed by atoms with Gasteiger partial charge in [0.2, 0.25) is 10.0 Å². The van der Waals surface area contributed by atoms with Crippen LogP contribution in [-0.4, -0.2) is 74.2 Å². The van der Waals surface area contributed by atoms with Crippen LogP contribution in [-0.2, 0) is 21.9 Å². The number of hydrogen-bond donors (Lipinski definition) is 1. The van der Waals surface area contributed by atoms with Crippen LogP contribution >= 0.6 is 0 Å². The molecule has 1 aliphatic carbocycles. The first-order chi connectivity index (χ1) is 18.9. The smallest absolute Gasteiger partial charge is 0.243 e. The topological polar surface area (TPSA) is 70.5 Å². The van der Waals surface area contributed by atoms with Crippen LogP contribution < -0.4 is 5.32 Å². The van der Waals surface area contributed by atoms with Gasteiger partial charge in [0.15, 0.2) is 0 Å². The lowest BCUT2D eigenvalue weighted by molar-refractivity contribution is 0.203. The minimum atomic E-state index is -3.66. The molecule has 2 heterocycles. The van der Waals surface area contributed by atoms with Gasteiger partial charge in [0.1, 0.15) is 5.82 Å². The Morgan fingerprint density at radius 2 is 1.77 bits per heavy atom. The van der Waals surface area contributed by atoms with Crippen LogP contribution in [0.1, 0.15) is 44.0 Å². The summed E-state index contributed by atoms with van der Waals surface area (Å²) in [6.07, 6.45) is 5.37. The highest BCUT2D eigenvalue weighted by Gasteiger charge is 2.45. The van der Waals surface area contributed by atoms with Crippen molar-refractivity contribution in [3.05, 3.63) is 82.9 Å². The molecular formula is C31H40FN5O2S. The van der Waals surface area contributed by atoms with Crippen molar-refractivity contribution in [2.45, 2.75) is 43.9 Å². The lowest BCUT2D eigenvalue weighted by Crippen LogP contribution is -2.53. The molecule has 5 rings (SSSR count). The van der Waals surface area contributed by atoms with Gasteiger partial charge in [-0.15, -0.1) is 0 Å². The maximum atomic E-state index is 13.9. The van der Waals surface area contributed by atoms with E-state index in [1.807, 2.05) is 37.1 Å². The molecule has 1 N–H and O–H groups in total. The summed E-state index contributed by atoms with van der Waals surface area (Å²) in [5, 5.41) is 8.26. The normalized spacial score (nSPS) is 19.8. The van der Waals surface area contributed by atoms with Crippen molar-refractivity contribution in [1.82, 2.24) is 24.3 Å². The summed E-state index contributed by atoms with van der Waals surface area (Å²) in [4.78, 5) is 2.47. The number of sulfonamides is 1. The predicted octanol–water partition coefficient (Wildman–Crippen LogP) is 4.48. The number of fused-ring (bicyclic) bond motifs is 2. The first-order valence-electron chi connectivity index (χ1n) is 13.9. The van der Waals surface area contributed by atoms with Crippen molar-refractivity contribution in [3.63, 3.8) is 0 Å². The average molecular weight is 566 g/mol. The number of nitrogens with one attached hydrogen (secondary N) is 1. The quantitative estimate of drug-likeness (QED) is 0.408. The molecule has 0 spiro atoms. The number of nitrogens with zero attached hydrogens (tertiary/aromatic N) is 4. The van der Waals surface area contributed by atoms with E-state index in [1.165, 1.54) is 17.7 Å². The number of rotatable bonds is 8. The molecule has 0 bridgehead atoms. The number of piperidine rings is 1. The summed E-state index contributed by atoms with van der Waals surface area (Å²) < 4.78 is 44.8. The summed E-state index contributed by atoms with van der Waals surface area (Å²) in [6.45, 7) is 9.57. The van der Waals surface area contributed by atoms with Gasteiger partial charge in [-0.3, -0.25) is 0 Å². The third kappa shape index (κ3) is 5.65. The van der Waals surface area contributed by atoms with Crippen LogP contribution in [0.5, 0.6) is 0 Å². The van der Waals surface area contributed by atoms with Crippen molar-refractivity contribution in [1.29, 1.82) is 0 Å². The van der Waals surface area contributed by atoms with E-state index < -0.39 is 10.0 Å². The van der Waals surface area contributed by atoms with E-state index in [0.717, 1.165) is 35.6 Å². The molecule has 2 aliphatic rings. The Kier molecular flexibility index (Phi) is 7.78. The summed E-state index contributed by atoms with van der Waals surface area (Å²) >= 11 is 0. The first kappa shape index (κ1) is 28.7. The van der Waals surface area contributed by atoms with Crippen LogP contribution in [0.2, 0.25) is 0 Å². The molecule has 0 amide bonds. The molecule has 3 aromatic rings. The SMILES string of the molecule is CN(C)CCNC[C@]12Cc3cnn(-c4ccc(F)cc4)c3C=C1CCN(S(=O)(=O)c1ccc(C(C)(C)C)cc1)C2. The Bertz CT molecular complexity index is 1490. The van der Waals surface area contributed by atoms with Crippen LogP contribution in [0.3, 0.4) is 0 Å². The Morgan fingerprint density at radius 1 is 1.07 bits per heavy atom. The van der Waals surface area contributed by atoms with E-state index in [2.05, 4.69) is 42.2 Å². The maximum absolute atomic E-state index is 13.9. The number of hydrogen-bond acceptors (Lipinski definition) is 5. The molecule has 1 fully saturated rings. The standard InChI is InChI=1S/C31H40FN5O2S/c1-30(2,3)24-6-12-28(13-7-24)40(38,39)36-16-14-25-18-29-23(19-31(25,22-36)21-33-15-17-35(4)5)20-34-37(29)27-10-8-26(32)9-11-27/h6-13,18,20,33H,14-17,19,21-22H2,1-5H3/t31-/m0/s1. The Hall–Kier alpha value is -2.85. The van der Waals surface area contributed by atoms with E-state index in [9.17, 15) is 12.8 Å². The molecule has 214 valence electrons. The summed E-state index contributed by atoms with van der Waals surface area (Å²) in [5.74, 6) is -0.285. The molecule has 2 aromatic carbocycles. The lowest BCUT2D eigenvalue weighted by atomic mass is 9.68. The van der Waals surface area contributed by atoms with Crippen LogP contribution in [0.25, 0.3) is 11.8 Å². The second-order valence-electron chi connectivity index (χ2n) is 12.4. The van der Waals surface area contributed by atoms with Gasteiger partial charge in [0, 0.05) is 38.1 Å². The van der Waals surface area contributed by atoms with E-state index in [-0.39, 0.29) is 16.6 Å². The number of halogens is 1. The van der Waals surface area contributed by atoms with Gasteiger partial charge < -0.3 is 10.2 Å². The molecule has 9 heteroatoms. The van der Waals surface area contributed by atoms with Crippen LogP contribution in [0.15, 0.2) is 65.2 Å². The van der Waals surface area contributed by atoms with Gasteiger partial charge in [-0.25, -0.2) is 17.5 Å². The highest BCUT2D eigenvalue weighted by atomic mass is 32.2. The fourth-order valence-corrected chi connectivity index (χ4v) is 7.29. The fraction of sp³-hybridized carbons (Fsp3) is 0.452. The van der Waals surface area contributed by atoms with Crippen LogP contribution in [0, 0.1) is 11.2 Å². The molecular weight excluding hydrogens is 525 g/mol. The fourth-order valence-electron chi connectivity index (χ4n) is 5.77. The second kappa shape index (κ2) is 10.9. The molecule has 0 unspecified atom stereocenters. The third-order valence-electron chi connectivity index (χ3n) is 8.15. The van der Waals surface area contributed by atoms with Crippen molar-refractivity contribution in [3.8, 4) is 5.69 Å². The molecule has 0 saturated carbocycles. The molecule has 40 heavy (non-hydrogen) atoms. The van der Waals surface area contributed by atoms with Gasteiger partial charge >= 0.3 is 0 Å². The monoisotopic (exact) mass is 565 g/mol. The molecule has 1 saturated heterocycles. The van der Waals surface area contributed by atoms with E-state index in [4.69, 9.17) is 0 Å². The first-order valence-corrected chi connectivity index (χ1v) is 15.3. The van der Waals surface area contributed by atoms with Crippen molar-refractivity contribution < 1.29 is 12.8 Å². The Balaban J connectivity index is 1.46. The highest BCUT2D eigenvalue weighted by Crippen LogP contribution is 2.45. The molecule has 0 radical (unpaired) electrons. The van der Waals surface area contributed by atoms with Crippen LogP contribution in [0.4, 0.5) is 4.39 Å². The van der Waals surface area contributed by atoms with E-state index in [1.54, 1.807) is 28.6 Å². The second-order valence-corrected chi connectivity index (χ2v) is 14.4. The Labute approximate surface area is 237 Å². The zero-order chi connectivity index (χ0) is 28.7. The summed E-state index contributed by atoms with van der Waals surface area (Å²) in [5.41, 5.74) is 4.76. The molecule has 1 aromatic heterocycles. The van der Waals surface area contributed by atoms with Gasteiger partial charge in [0.25, 0.3) is 0 Å². The largest absolute Gasteiger partial charge is 0.315 e.